The minimum absolute atomic E-state index is 0.129. The fraction of sp³-hybridized carbons (Fsp3) is 0.312. The van der Waals surface area contributed by atoms with E-state index in [1.807, 2.05) is 74.5 Å². The number of carbonyl (C=O) groups is 1. The van der Waals surface area contributed by atoms with E-state index in [1.165, 1.54) is 0 Å². The maximum atomic E-state index is 14.0. The monoisotopic (exact) mass is 511 g/mol. The van der Waals surface area contributed by atoms with Crippen molar-refractivity contribution in [2.45, 2.75) is 46.1 Å². The second-order valence-corrected chi connectivity index (χ2v) is 9.90. The van der Waals surface area contributed by atoms with E-state index in [9.17, 15) is 9.59 Å². The average Bonchev–Trinajstić information content (AvgIpc) is 3.19. The SMILES string of the molecule is CCCCOc1cccc(C2c3c(oc4cc(C)cc(C)c4c3=O)C(=O)N2CCc2ccc(OC)cc2)c1. The Morgan fingerprint density at radius 2 is 1.76 bits per heavy atom. The van der Waals surface area contributed by atoms with Gasteiger partial charge >= 0.3 is 0 Å². The van der Waals surface area contributed by atoms with Crippen LogP contribution in [-0.2, 0) is 6.42 Å². The van der Waals surface area contributed by atoms with Crippen molar-refractivity contribution < 1.29 is 18.7 Å². The van der Waals surface area contributed by atoms with Crippen LogP contribution in [0.2, 0.25) is 0 Å². The largest absolute Gasteiger partial charge is 0.497 e. The summed E-state index contributed by atoms with van der Waals surface area (Å²) in [6.07, 6.45) is 2.62. The molecule has 1 amide bonds. The molecule has 4 aromatic rings. The zero-order chi connectivity index (χ0) is 26.8. The molecule has 38 heavy (non-hydrogen) atoms. The van der Waals surface area contributed by atoms with Crippen LogP contribution < -0.4 is 14.9 Å². The first-order valence-corrected chi connectivity index (χ1v) is 13.2. The lowest BCUT2D eigenvalue weighted by Gasteiger charge is -2.25. The van der Waals surface area contributed by atoms with Gasteiger partial charge in [0.25, 0.3) is 5.91 Å². The summed E-state index contributed by atoms with van der Waals surface area (Å²) in [5, 5.41) is 0.527. The Bertz CT molecular complexity index is 1540. The van der Waals surface area contributed by atoms with Crippen LogP contribution in [-0.4, -0.2) is 31.1 Å². The predicted octanol–water partition coefficient (Wildman–Crippen LogP) is 6.39. The molecule has 1 aromatic heterocycles. The number of fused-ring (bicyclic) bond motifs is 2. The standard InChI is InChI=1S/C32H33NO5/c1-5-6-16-37-25-9-7-8-23(19-25)29-28-30(34)27-21(3)17-20(2)18-26(27)38-31(28)32(35)33(29)15-14-22-10-12-24(36-4)13-11-22/h7-13,17-19,29H,5-6,14-16H2,1-4H3. The predicted molar refractivity (Wildman–Crippen MR) is 148 cm³/mol. The number of benzene rings is 3. The summed E-state index contributed by atoms with van der Waals surface area (Å²) in [4.78, 5) is 29.5. The van der Waals surface area contributed by atoms with Crippen LogP contribution in [0.3, 0.4) is 0 Å². The molecular formula is C32H33NO5. The second kappa shape index (κ2) is 10.7. The molecule has 0 aliphatic carbocycles. The van der Waals surface area contributed by atoms with Gasteiger partial charge in [0, 0.05) is 6.54 Å². The molecular weight excluding hydrogens is 478 g/mol. The van der Waals surface area contributed by atoms with Gasteiger partial charge in [-0.2, -0.15) is 0 Å². The number of amides is 1. The minimum atomic E-state index is -0.563. The molecule has 1 aliphatic rings. The van der Waals surface area contributed by atoms with E-state index in [0.717, 1.165) is 46.6 Å². The number of unbranched alkanes of at least 4 members (excludes halogenated alkanes) is 1. The molecule has 6 nitrogen and oxygen atoms in total. The highest BCUT2D eigenvalue weighted by Crippen LogP contribution is 2.39. The van der Waals surface area contributed by atoms with Gasteiger partial charge in [-0.3, -0.25) is 9.59 Å². The van der Waals surface area contributed by atoms with Gasteiger partial charge < -0.3 is 18.8 Å². The summed E-state index contributed by atoms with van der Waals surface area (Å²) in [5.74, 6) is 1.37. The topological polar surface area (TPSA) is 69.0 Å². The minimum Gasteiger partial charge on any atom is -0.497 e. The van der Waals surface area contributed by atoms with E-state index in [2.05, 4.69) is 6.92 Å². The fourth-order valence-corrected chi connectivity index (χ4v) is 5.24. The van der Waals surface area contributed by atoms with Crippen LogP contribution in [0.4, 0.5) is 0 Å². The lowest BCUT2D eigenvalue weighted by atomic mass is 9.96. The summed E-state index contributed by atoms with van der Waals surface area (Å²) >= 11 is 0. The van der Waals surface area contributed by atoms with Gasteiger partial charge in [-0.25, -0.2) is 0 Å². The summed E-state index contributed by atoms with van der Waals surface area (Å²) < 4.78 is 17.4. The van der Waals surface area contributed by atoms with E-state index in [-0.39, 0.29) is 17.1 Å². The summed E-state index contributed by atoms with van der Waals surface area (Å²) in [5.41, 5.74) is 4.42. The van der Waals surface area contributed by atoms with Crippen molar-refractivity contribution >= 4 is 16.9 Å². The van der Waals surface area contributed by atoms with E-state index >= 15 is 0 Å². The molecule has 1 unspecified atom stereocenters. The van der Waals surface area contributed by atoms with Crippen molar-refractivity contribution in [2.24, 2.45) is 0 Å². The molecule has 0 N–H and O–H groups in total. The molecule has 0 bridgehead atoms. The average molecular weight is 512 g/mol. The fourth-order valence-electron chi connectivity index (χ4n) is 5.24. The van der Waals surface area contributed by atoms with Crippen molar-refractivity contribution in [3.8, 4) is 11.5 Å². The number of carbonyl (C=O) groups excluding carboxylic acids is 1. The van der Waals surface area contributed by atoms with E-state index in [1.54, 1.807) is 12.0 Å². The van der Waals surface area contributed by atoms with Gasteiger partial charge in [-0.05, 0) is 79.3 Å². The Kier molecular flexibility index (Phi) is 7.23. The Balaban J connectivity index is 1.59. The molecule has 5 rings (SSSR count). The van der Waals surface area contributed by atoms with Crippen molar-refractivity contribution in [1.82, 2.24) is 4.90 Å². The van der Waals surface area contributed by atoms with Crippen LogP contribution in [0.15, 0.2) is 69.9 Å². The molecule has 1 atom stereocenters. The normalized spacial score (nSPS) is 14.7. The first-order chi connectivity index (χ1) is 18.4. The number of nitrogens with zero attached hydrogens (tertiary/aromatic N) is 1. The summed E-state index contributed by atoms with van der Waals surface area (Å²) in [7, 11) is 1.64. The summed E-state index contributed by atoms with van der Waals surface area (Å²) in [6, 6.07) is 18.8. The third-order valence-electron chi connectivity index (χ3n) is 7.15. The van der Waals surface area contributed by atoms with Crippen molar-refractivity contribution in [1.29, 1.82) is 0 Å². The van der Waals surface area contributed by atoms with Crippen LogP contribution in [0.1, 0.15) is 64.2 Å². The van der Waals surface area contributed by atoms with E-state index < -0.39 is 6.04 Å². The maximum absolute atomic E-state index is 14.0. The van der Waals surface area contributed by atoms with Gasteiger partial charge in [0.15, 0.2) is 5.43 Å². The van der Waals surface area contributed by atoms with Crippen LogP contribution >= 0.6 is 0 Å². The number of hydrogen-bond acceptors (Lipinski definition) is 5. The summed E-state index contributed by atoms with van der Waals surface area (Å²) in [6.45, 7) is 7.03. The molecule has 0 saturated heterocycles. The number of rotatable bonds is 9. The Hall–Kier alpha value is -4.06. The van der Waals surface area contributed by atoms with Gasteiger partial charge in [0.05, 0.1) is 30.7 Å². The molecule has 0 radical (unpaired) electrons. The Morgan fingerprint density at radius 3 is 2.50 bits per heavy atom. The highest BCUT2D eigenvalue weighted by molar-refractivity contribution is 5.99. The first kappa shape index (κ1) is 25.6. The molecule has 196 valence electrons. The smallest absolute Gasteiger partial charge is 0.290 e. The van der Waals surface area contributed by atoms with Crippen LogP contribution in [0, 0.1) is 13.8 Å². The number of methoxy groups -OCH3 is 1. The van der Waals surface area contributed by atoms with Gasteiger partial charge in [-0.1, -0.05) is 43.7 Å². The molecule has 0 saturated carbocycles. The Labute approximate surface area is 222 Å². The highest BCUT2D eigenvalue weighted by Gasteiger charge is 2.42. The second-order valence-electron chi connectivity index (χ2n) is 9.90. The number of aryl methyl sites for hydroxylation is 2. The first-order valence-electron chi connectivity index (χ1n) is 13.2. The molecule has 3 aromatic carbocycles. The lowest BCUT2D eigenvalue weighted by molar-refractivity contribution is 0.0729. The Morgan fingerprint density at radius 1 is 0.974 bits per heavy atom. The third kappa shape index (κ3) is 4.78. The van der Waals surface area contributed by atoms with Crippen molar-refractivity contribution in [3.63, 3.8) is 0 Å². The van der Waals surface area contributed by atoms with Crippen molar-refractivity contribution in [2.75, 3.05) is 20.3 Å². The van der Waals surface area contributed by atoms with Crippen LogP contribution in [0.25, 0.3) is 11.0 Å². The molecule has 0 fully saturated rings. The third-order valence-corrected chi connectivity index (χ3v) is 7.15. The van der Waals surface area contributed by atoms with Gasteiger partial charge in [0.1, 0.15) is 17.1 Å². The number of hydrogen-bond donors (Lipinski definition) is 0. The lowest BCUT2D eigenvalue weighted by Crippen LogP contribution is -2.31. The van der Waals surface area contributed by atoms with E-state index in [4.69, 9.17) is 13.9 Å². The van der Waals surface area contributed by atoms with Gasteiger partial charge in [-0.15, -0.1) is 0 Å². The maximum Gasteiger partial charge on any atom is 0.290 e. The number of ether oxygens (including phenoxy) is 2. The van der Waals surface area contributed by atoms with Crippen LogP contribution in [0.5, 0.6) is 11.5 Å². The van der Waals surface area contributed by atoms with Crippen molar-refractivity contribution in [3.05, 3.63) is 104 Å². The van der Waals surface area contributed by atoms with Gasteiger partial charge in [0.2, 0.25) is 5.76 Å². The quantitative estimate of drug-likeness (QED) is 0.244. The molecule has 1 aliphatic heterocycles. The molecule has 6 heteroatoms. The molecule has 0 spiro atoms. The van der Waals surface area contributed by atoms with E-state index in [0.29, 0.717) is 36.1 Å². The zero-order valence-corrected chi connectivity index (χ0v) is 22.4. The molecule has 2 heterocycles. The highest BCUT2D eigenvalue weighted by atomic mass is 16.5. The zero-order valence-electron chi connectivity index (χ0n) is 22.4.